The van der Waals surface area contributed by atoms with Gasteiger partial charge in [0, 0.05) is 7.05 Å². The van der Waals surface area contributed by atoms with Crippen molar-refractivity contribution in [3.05, 3.63) is 40.1 Å². The Morgan fingerprint density at radius 2 is 2.25 bits per heavy atom. The number of carbonyl (C=O) groups excluding carboxylic acids is 1. The molecule has 20 heavy (non-hydrogen) atoms. The molecule has 0 radical (unpaired) electrons. The van der Waals surface area contributed by atoms with Crippen LogP contribution < -0.4 is 10.1 Å². The molecule has 0 aliphatic rings. The smallest absolute Gasteiger partial charge is 0.296 e. The zero-order valence-electron chi connectivity index (χ0n) is 10.9. The molecule has 0 saturated carbocycles. The average Bonchev–Trinajstić information content (AvgIpc) is 2.80. The van der Waals surface area contributed by atoms with Crippen LogP contribution in [0.4, 0.5) is 17.2 Å². The van der Waals surface area contributed by atoms with Crippen molar-refractivity contribution in [2.45, 2.75) is 0 Å². The first kappa shape index (κ1) is 13.5. The molecule has 0 bridgehead atoms. The number of ether oxygens (including phenoxy) is 1. The van der Waals surface area contributed by atoms with E-state index >= 15 is 0 Å². The van der Waals surface area contributed by atoms with E-state index in [-0.39, 0.29) is 11.4 Å². The van der Waals surface area contributed by atoms with Gasteiger partial charge in [-0.05, 0) is 12.1 Å². The summed E-state index contributed by atoms with van der Waals surface area (Å²) in [4.78, 5) is 21.5. The van der Waals surface area contributed by atoms with Gasteiger partial charge in [0.2, 0.25) is 0 Å². The monoisotopic (exact) mass is 276 g/mol. The van der Waals surface area contributed by atoms with Crippen LogP contribution in [0.3, 0.4) is 0 Å². The first-order valence-corrected chi connectivity index (χ1v) is 5.63. The largest absolute Gasteiger partial charge is 0.496 e. The van der Waals surface area contributed by atoms with E-state index in [2.05, 4.69) is 10.4 Å². The van der Waals surface area contributed by atoms with Gasteiger partial charge in [0.15, 0.2) is 6.29 Å². The minimum absolute atomic E-state index is 0.151. The Morgan fingerprint density at radius 1 is 1.50 bits per heavy atom. The van der Waals surface area contributed by atoms with E-state index in [4.69, 9.17) is 4.74 Å². The van der Waals surface area contributed by atoms with Gasteiger partial charge in [0.25, 0.3) is 5.69 Å². The van der Waals surface area contributed by atoms with Gasteiger partial charge in [0.05, 0.1) is 29.9 Å². The predicted molar refractivity (Wildman–Crippen MR) is 71.5 cm³/mol. The second-order valence-electron chi connectivity index (χ2n) is 3.96. The van der Waals surface area contributed by atoms with Gasteiger partial charge in [-0.15, -0.1) is 0 Å². The van der Waals surface area contributed by atoms with Crippen LogP contribution in [-0.4, -0.2) is 28.1 Å². The summed E-state index contributed by atoms with van der Waals surface area (Å²) < 4.78 is 6.39. The number of aromatic nitrogens is 2. The zero-order chi connectivity index (χ0) is 14.7. The molecule has 0 fully saturated rings. The highest BCUT2D eigenvalue weighted by Crippen LogP contribution is 2.31. The third-order valence-corrected chi connectivity index (χ3v) is 2.75. The highest BCUT2D eigenvalue weighted by Gasteiger charge is 2.17. The van der Waals surface area contributed by atoms with Crippen LogP contribution in [0.25, 0.3) is 0 Å². The molecule has 0 atom stereocenters. The molecule has 1 heterocycles. The van der Waals surface area contributed by atoms with Crippen LogP contribution in [0.15, 0.2) is 24.4 Å². The number of nitrogens with zero attached hydrogens (tertiary/aromatic N) is 3. The Labute approximate surface area is 114 Å². The van der Waals surface area contributed by atoms with E-state index in [0.717, 1.165) is 0 Å². The summed E-state index contributed by atoms with van der Waals surface area (Å²) in [5.74, 6) is 0.760. The first-order chi connectivity index (χ1) is 9.56. The van der Waals surface area contributed by atoms with E-state index < -0.39 is 4.92 Å². The Kier molecular flexibility index (Phi) is 3.65. The number of hydrogen-bond donors (Lipinski definition) is 1. The molecule has 2 rings (SSSR count). The summed E-state index contributed by atoms with van der Waals surface area (Å²) in [6, 6.07) is 4.41. The number of methoxy groups -OCH3 is 1. The van der Waals surface area contributed by atoms with Crippen LogP contribution in [0, 0.1) is 10.1 Å². The van der Waals surface area contributed by atoms with Crippen molar-refractivity contribution in [2.75, 3.05) is 12.4 Å². The van der Waals surface area contributed by atoms with E-state index in [1.165, 1.54) is 30.1 Å². The van der Waals surface area contributed by atoms with Crippen molar-refractivity contribution in [2.24, 2.45) is 7.05 Å². The Balaban J connectivity index is 2.45. The second-order valence-corrected chi connectivity index (χ2v) is 3.96. The molecule has 0 spiro atoms. The van der Waals surface area contributed by atoms with Crippen molar-refractivity contribution < 1.29 is 14.5 Å². The van der Waals surface area contributed by atoms with Gasteiger partial charge in [-0.25, -0.2) is 0 Å². The average molecular weight is 276 g/mol. The molecule has 104 valence electrons. The summed E-state index contributed by atoms with van der Waals surface area (Å²) in [6.45, 7) is 0. The summed E-state index contributed by atoms with van der Waals surface area (Å²) >= 11 is 0. The zero-order valence-corrected chi connectivity index (χ0v) is 10.9. The maximum absolute atomic E-state index is 11.1. The number of benzene rings is 1. The second kappa shape index (κ2) is 5.39. The molecule has 2 aromatic rings. The lowest BCUT2D eigenvalue weighted by molar-refractivity contribution is -0.384. The normalized spacial score (nSPS) is 10.1. The number of aldehydes is 1. The maximum Gasteiger partial charge on any atom is 0.296 e. The Morgan fingerprint density at radius 3 is 2.85 bits per heavy atom. The number of hydrogen-bond acceptors (Lipinski definition) is 6. The summed E-state index contributed by atoms with van der Waals surface area (Å²) in [5.41, 5.74) is 0.419. The topological polar surface area (TPSA) is 99.3 Å². The van der Waals surface area contributed by atoms with Gasteiger partial charge in [-0.2, -0.15) is 5.10 Å². The quantitative estimate of drug-likeness (QED) is 0.508. The van der Waals surface area contributed by atoms with Gasteiger partial charge in [0.1, 0.15) is 17.3 Å². The molecule has 0 unspecified atom stereocenters. The number of rotatable bonds is 5. The molecule has 1 aromatic heterocycles. The Hall–Kier alpha value is -2.90. The Bertz CT molecular complexity index is 665. The molecule has 0 saturated heterocycles. The molecular weight excluding hydrogens is 264 g/mol. The number of nitro benzene ring substituents is 1. The molecule has 0 aliphatic heterocycles. The van der Waals surface area contributed by atoms with Crippen molar-refractivity contribution in [3.8, 4) is 5.75 Å². The fourth-order valence-corrected chi connectivity index (χ4v) is 1.72. The van der Waals surface area contributed by atoms with Crippen LogP contribution in [0.2, 0.25) is 0 Å². The molecule has 0 amide bonds. The van der Waals surface area contributed by atoms with Gasteiger partial charge in [-0.1, -0.05) is 0 Å². The minimum Gasteiger partial charge on any atom is -0.496 e. The van der Waals surface area contributed by atoms with Crippen molar-refractivity contribution in [1.82, 2.24) is 9.78 Å². The van der Waals surface area contributed by atoms with Gasteiger partial charge < -0.3 is 10.1 Å². The van der Waals surface area contributed by atoms with Crippen LogP contribution >= 0.6 is 0 Å². The van der Waals surface area contributed by atoms with E-state index in [0.29, 0.717) is 23.4 Å². The van der Waals surface area contributed by atoms with Gasteiger partial charge in [-0.3, -0.25) is 19.6 Å². The standard InChI is InChI=1S/C12H12N4O4/c1-15-12(8(7-17)6-13-15)14-10-4-3-9(20-2)5-11(10)16(18)19/h3-7,14H,1-2H3. The highest BCUT2D eigenvalue weighted by molar-refractivity contribution is 5.85. The van der Waals surface area contributed by atoms with E-state index in [9.17, 15) is 14.9 Å². The third kappa shape index (κ3) is 2.44. The molecular formula is C12H12N4O4. The highest BCUT2D eigenvalue weighted by atomic mass is 16.6. The lowest BCUT2D eigenvalue weighted by Crippen LogP contribution is -2.03. The predicted octanol–water partition coefficient (Wildman–Crippen LogP) is 1.89. The molecule has 1 N–H and O–H groups in total. The summed E-state index contributed by atoms with van der Waals surface area (Å²) in [7, 11) is 3.06. The van der Waals surface area contributed by atoms with Crippen molar-refractivity contribution in [3.63, 3.8) is 0 Å². The number of anilines is 2. The summed E-state index contributed by atoms with van der Waals surface area (Å²) in [5, 5.41) is 17.8. The van der Waals surface area contributed by atoms with Crippen molar-refractivity contribution >= 4 is 23.5 Å². The summed E-state index contributed by atoms with van der Waals surface area (Å²) in [6.07, 6.45) is 2.01. The van der Waals surface area contributed by atoms with Crippen LogP contribution in [0.1, 0.15) is 10.4 Å². The number of aryl methyl sites for hydroxylation is 1. The van der Waals surface area contributed by atoms with Crippen LogP contribution in [0.5, 0.6) is 5.75 Å². The third-order valence-electron chi connectivity index (χ3n) is 2.75. The molecule has 0 aliphatic carbocycles. The number of carbonyl (C=O) groups is 1. The van der Waals surface area contributed by atoms with E-state index in [1.807, 2.05) is 0 Å². The fourth-order valence-electron chi connectivity index (χ4n) is 1.72. The number of nitro groups is 1. The molecule has 8 heteroatoms. The fraction of sp³-hybridized carbons (Fsp3) is 0.167. The minimum atomic E-state index is -0.526. The van der Waals surface area contributed by atoms with Gasteiger partial charge >= 0.3 is 0 Å². The number of nitrogens with one attached hydrogen (secondary N) is 1. The lowest BCUT2D eigenvalue weighted by atomic mass is 10.2. The lowest BCUT2D eigenvalue weighted by Gasteiger charge is -2.09. The maximum atomic E-state index is 11.1. The molecule has 1 aromatic carbocycles. The van der Waals surface area contributed by atoms with E-state index in [1.54, 1.807) is 13.1 Å². The molecule has 8 nitrogen and oxygen atoms in total. The first-order valence-electron chi connectivity index (χ1n) is 5.63. The SMILES string of the molecule is COc1ccc(Nc2c(C=O)cnn2C)c([N+](=O)[O-])c1. The van der Waals surface area contributed by atoms with Crippen LogP contribution in [-0.2, 0) is 7.05 Å². The van der Waals surface area contributed by atoms with Crippen molar-refractivity contribution in [1.29, 1.82) is 0 Å².